The second-order valence-electron chi connectivity index (χ2n) is 7.81. The molecule has 1 fully saturated rings. The van der Waals surface area contributed by atoms with E-state index in [9.17, 15) is 4.79 Å². The maximum absolute atomic E-state index is 13.1. The van der Waals surface area contributed by atoms with Crippen LogP contribution in [0.1, 0.15) is 46.1 Å². The third-order valence-electron chi connectivity index (χ3n) is 6.01. The van der Waals surface area contributed by atoms with Crippen molar-refractivity contribution in [2.45, 2.75) is 32.6 Å². The van der Waals surface area contributed by atoms with Crippen molar-refractivity contribution in [3.8, 4) is 0 Å². The molecule has 3 aromatic heterocycles. The van der Waals surface area contributed by atoms with Crippen LogP contribution in [0.15, 0.2) is 42.7 Å². The van der Waals surface area contributed by atoms with Crippen molar-refractivity contribution < 1.29 is 4.79 Å². The molecule has 1 N–H and O–H groups in total. The minimum Gasteiger partial charge on any atom is -0.360 e. The van der Waals surface area contributed by atoms with Crippen molar-refractivity contribution in [2.24, 2.45) is 0 Å². The Hall–Kier alpha value is -3.28. The van der Waals surface area contributed by atoms with Gasteiger partial charge in [-0.1, -0.05) is 0 Å². The van der Waals surface area contributed by atoms with Gasteiger partial charge in [0, 0.05) is 31.0 Å². The lowest BCUT2D eigenvalue weighted by Crippen LogP contribution is -2.37. The van der Waals surface area contributed by atoms with Crippen LogP contribution in [0, 0.1) is 13.8 Å². The molecule has 0 unspecified atom stereocenters. The number of carbonyl (C=O) groups excluding carboxylic acids is 1. The smallest absolute Gasteiger partial charge is 0.253 e. The highest BCUT2D eigenvalue weighted by Gasteiger charge is 2.26. The molecular formula is C23H23N5O. The van der Waals surface area contributed by atoms with Gasteiger partial charge in [-0.3, -0.25) is 9.78 Å². The van der Waals surface area contributed by atoms with Crippen LogP contribution in [-0.2, 0) is 0 Å². The Bertz CT molecular complexity index is 1220. The Balaban J connectivity index is 1.33. The van der Waals surface area contributed by atoms with E-state index in [1.165, 1.54) is 5.56 Å². The Morgan fingerprint density at radius 2 is 1.83 bits per heavy atom. The third kappa shape index (κ3) is 3.14. The summed E-state index contributed by atoms with van der Waals surface area (Å²) in [7, 11) is 0. The Labute approximate surface area is 169 Å². The van der Waals surface area contributed by atoms with E-state index in [1.54, 1.807) is 0 Å². The molecule has 1 amide bonds. The van der Waals surface area contributed by atoms with Crippen molar-refractivity contribution in [3.63, 3.8) is 0 Å². The Kier molecular flexibility index (Phi) is 4.27. The Morgan fingerprint density at radius 3 is 2.62 bits per heavy atom. The molecule has 146 valence electrons. The van der Waals surface area contributed by atoms with Crippen molar-refractivity contribution in [2.75, 3.05) is 13.1 Å². The van der Waals surface area contributed by atoms with Gasteiger partial charge in [-0.15, -0.1) is 0 Å². The molecule has 5 rings (SSSR count). The zero-order chi connectivity index (χ0) is 20.0. The second-order valence-corrected chi connectivity index (χ2v) is 7.81. The molecule has 6 nitrogen and oxygen atoms in total. The molecule has 0 atom stereocenters. The lowest BCUT2D eigenvalue weighted by molar-refractivity contribution is 0.0713. The highest BCUT2D eigenvalue weighted by molar-refractivity contribution is 5.97. The predicted molar refractivity (Wildman–Crippen MR) is 113 cm³/mol. The number of aryl methyl sites for hydroxylation is 2. The first kappa shape index (κ1) is 17.8. The fourth-order valence-electron chi connectivity index (χ4n) is 4.23. The number of H-pyrrole nitrogens is 1. The van der Waals surface area contributed by atoms with Crippen molar-refractivity contribution >= 4 is 28.0 Å². The number of nitrogens with one attached hydrogen (secondary N) is 1. The van der Waals surface area contributed by atoms with Gasteiger partial charge in [0.1, 0.15) is 0 Å². The van der Waals surface area contributed by atoms with Gasteiger partial charge in [0.15, 0.2) is 0 Å². The number of likely N-dealkylation sites (tertiary alicyclic amines) is 1. The number of benzene rings is 1. The zero-order valence-corrected chi connectivity index (χ0v) is 16.6. The first-order valence-corrected chi connectivity index (χ1v) is 10.1. The molecule has 4 aromatic rings. The number of aromatic nitrogens is 4. The van der Waals surface area contributed by atoms with E-state index >= 15 is 0 Å². The van der Waals surface area contributed by atoms with Gasteiger partial charge in [-0.2, -0.15) is 0 Å². The van der Waals surface area contributed by atoms with Gasteiger partial charge in [-0.05, 0) is 68.5 Å². The standard InChI is InChI=1S/C23H23N5O/c1-14-15(2)27-21-12-17(5-6-19(21)26-14)23(29)28-10-7-16(8-11-28)18-13-25-20-4-3-9-24-22(18)20/h3-6,9,12-13,16,25H,7-8,10-11H2,1-2H3. The van der Waals surface area contributed by atoms with Gasteiger partial charge in [0.05, 0.1) is 33.5 Å². The summed E-state index contributed by atoms with van der Waals surface area (Å²) < 4.78 is 0. The minimum atomic E-state index is 0.0717. The summed E-state index contributed by atoms with van der Waals surface area (Å²) in [5.41, 5.74) is 7.50. The summed E-state index contributed by atoms with van der Waals surface area (Å²) in [6.07, 6.45) is 5.80. The minimum absolute atomic E-state index is 0.0717. The lowest BCUT2D eigenvalue weighted by Gasteiger charge is -2.32. The monoisotopic (exact) mass is 385 g/mol. The van der Waals surface area contributed by atoms with Crippen LogP contribution in [0.3, 0.4) is 0 Å². The summed E-state index contributed by atoms with van der Waals surface area (Å²) >= 11 is 0. The SMILES string of the molecule is Cc1nc2ccc(C(=O)N3CCC(c4c[nH]c5cccnc45)CC3)cc2nc1C. The first-order valence-electron chi connectivity index (χ1n) is 10.1. The number of fused-ring (bicyclic) bond motifs is 2. The summed E-state index contributed by atoms with van der Waals surface area (Å²) in [4.78, 5) is 32.0. The molecule has 0 aliphatic carbocycles. The quantitative estimate of drug-likeness (QED) is 0.563. The van der Waals surface area contributed by atoms with Crippen molar-refractivity contribution in [1.29, 1.82) is 0 Å². The summed E-state index contributed by atoms with van der Waals surface area (Å²) in [5, 5.41) is 0. The summed E-state index contributed by atoms with van der Waals surface area (Å²) in [6.45, 7) is 5.40. The third-order valence-corrected chi connectivity index (χ3v) is 6.01. The molecule has 6 heteroatoms. The van der Waals surface area contributed by atoms with E-state index in [-0.39, 0.29) is 5.91 Å². The number of pyridine rings is 1. The number of hydrogen-bond acceptors (Lipinski definition) is 4. The van der Waals surface area contributed by atoms with Gasteiger partial charge in [0.25, 0.3) is 5.91 Å². The van der Waals surface area contributed by atoms with E-state index in [0.717, 1.165) is 59.4 Å². The van der Waals surface area contributed by atoms with Crippen LogP contribution in [0.25, 0.3) is 22.1 Å². The fraction of sp³-hybridized carbons (Fsp3) is 0.304. The van der Waals surface area contributed by atoms with Gasteiger partial charge in [0.2, 0.25) is 0 Å². The van der Waals surface area contributed by atoms with Crippen LogP contribution >= 0.6 is 0 Å². The summed E-state index contributed by atoms with van der Waals surface area (Å²) in [5.74, 6) is 0.498. The van der Waals surface area contributed by atoms with Crippen LogP contribution in [0.5, 0.6) is 0 Å². The molecule has 0 radical (unpaired) electrons. The van der Waals surface area contributed by atoms with Gasteiger partial charge in [-0.25, -0.2) is 9.97 Å². The number of piperidine rings is 1. The van der Waals surface area contributed by atoms with Gasteiger partial charge < -0.3 is 9.88 Å². The number of carbonyl (C=O) groups is 1. The van der Waals surface area contributed by atoms with E-state index in [4.69, 9.17) is 0 Å². The molecule has 4 heterocycles. The molecule has 29 heavy (non-hydrogen) atoms. The van der Waals surface area contributed by atoms with E-state index in [2.05, 4.69) is 32.2 Å². The number of nitrogens with zero attached hydrogens (tertiary/aromatic N) is 4. The van der Waals surface area contributed by atoms with Crippen LogP contribution < -0.4 is 0 Å². The highest BCUT2D eigenvalue weighted by Crippen LogP contribution is 2.32. The van der Waals surface area contributed by atoms with E-state index in [1.807, 2.05) is 49.2 Å². The van der Waals surface area contributed by atoms with Crippen LogP contribution in [0.4, 0.5) is 0 Å². The topological polar surface area (TPSA) is 74.8 Å². The fourth-order valence-corrected chi connectivity index (χ4v) is 4.23. The first-order chi connectivity index (χ1) is 14.1. The maximum atomic E-state index is 13.1. The number of hydrogen-bond donors (Lipinski definition) is 1. The largest absolute Gasteiger partial charge is 0.360 e. The Morgan fingerprint density at radius 1 is 1.07 bits per heavy atom. The number of rotatable bonds is 2. The molecule has 1 aliphatic heterocycles. The molecular weight excluding hydrogens is 362 g/mol. The maximum Gasteiger partial charge on any atom is 0.253 e. The molecule has 1 saturated heterocycles. The van der Waals surface area contributed by atoms with E-state index in [0.29, 0.717) is 11.5 Å². The predicted octanol–water partition coefficient (Wildman–Crippen LogP) is 4.14. The van der Waals surface area contributed by atoms with Crippen molar-refractivity contribution in [3.05, 3.63) is 65.2 Å². The molecule has 1 aliphatic rings. The molecule has 0 saturated carbocycles. The van der Waals surface area contributed by atoms with Gasteiger partial charge >= 0.3 is 0 Å². The highest BCUT2D eigenvalue weighted by atomic mass is 16.2. The lowest BCUT2D eigenvalue weighted by atomic mass is 9.90. The van der Waals surface area contributed by atoms with E-state index < -0.39 is 0 Å². The van der Waals surface area contributed by atoms with Crippen LogP contribution in [-0.4, -0.2) is 43.8 Å². The molecule has 0 bridgehead atoms. The normalized spacial score (nSPS) is 15.3. The molecule has 1 aromatic carbocycles. The molecule has 0 spiro atoms. The zero-order valence-electron chi connectivity index (χ0n) is 16.6. The average Bonchev–Trinajstić information content (AvgIpc) is 3.18. The average molecular weight is 385 g/mol. The van der Waals surface area contributed by atoms with Crippen LogP contribution in [0.2, 0.25) is 0 Å². The number of amides is 1. The second kappa shape index (κ2) is 6.95. The summed E-state index contributed by atoms with van der Waals surface area (Å²) in [6, 6.07) is 9.62. The van der Waals surface area contributed by atoms with Crippen molar-refractivity contribution in [1.82, 2.24) is 24.8 Å². The number of aromatic amines is 1.